The summed E-state index contributed by atoms with van der Waals surface area (Å²) in [4.78, 5) is 17.4. The molecule has 0 aromatic rings. The molecule has 2 aliphatic heterocycles. The molecule has 0 aromatic heterocycles. The number of ether oxygens (including phenoxy) is 1. The minimum Gasteiger partial charge on any atom is -0.468 e. The van der Waals surface area contributed by atoms with Crippen LogP contribution in [0.5, 0.6) is 0 Å². The van der Waals surface area contributed by atoms with E-state index < -0.39 is 12.1 Å². The first kappa shape index (κ1) is 24.6. The Morgan fingerprint density at radius 2 is 1.59 bits per heavy atom. The molecule has 2 saturated heterocycles. The summed E-state index contributed by atoms with van der Waals surface area (Å²) in [6.45, 7) is 3.52. The summed E-state index contributed by atoms with van der Waals surface area (Å²) < 4.78 is 44.3. The standard InChI is InChI=1S/C23H37ClF3N3O2/c1-32-22(31)20-10-19-21(30(14-28-19)12-16-4-8-18(24)9-5-16)13-29(20)11-15-2-6-17(7-3-15)23(25,26)27/h15-21,28H,2-14H2,1H3/p+1/t15?,16?,17?,18?,19?,20-,21?/m1/s1. The highest BCUT2D eigenvalue weighted by Crippen LogP contribution is 2.40. The summed E-state index contributed by atoms with van der Waals surface area (Å²) >= 11 is 6.28. The molecule has 4 rings (SSSR count). The third kappa shape index (κ3) is 5.73. The smallest absolute Gasteiger partial charge is 0.391 e. The van der Waals surface area contributed by atoms with E-state index in [1.165, 1.54) is 20.0 Å². The Labute approximate surface area is 194 Å². The zero-order chi connectivity index (χ0) is 22.9. The van der Waals surface area contributed by atoms with Crippen LogP contribution in [0.15, 0.2) is 0 Å². The topological polar surface area (TPSA) is 49.4 Å². The lowest BCUT2D eigenvalue weighted by molar-refractivity contribution is -0.678. The summed E-state index contributed by atoms with van der Waals surface area (Å²) in [6.07, 6.45) is 2.80. The Kier molecular flexibility index (Phi) is 7.95. The van der Waals surface area contributed by atoms with Crippen LogP contribution in [0.2, 0.25) is 0 Å². The third-order valence-corrected chi connectivity index (χ3v) is 8.94. The van der Waals surface area contributed by atoms with Crippen molar-refractivity contribution in [1.82, 2.24) is 9.80 Å². The molecule has 32 heavy (non-hydrogen) atoms. The highest BCUT2D eigenvalue weighted by molar-refractivity contribution is 6.20. The fourth-order valence-corrected chi connectivity index (χ4v) is 6.80. The number of nitrogens with two attached hydrogens (primary N) is 1. The van der Waals surface area contributed by atoms with Crippen molar-refractivity contribution in [3.63, 3.8) is 0 Å². The molecule has 2 saturated carbocycles. The van der Waals surface area contributed by atoms with Crippen LogP contribution in [-0.2, 0) is 9.53 Å². The van der Waals surface area contributed by atoms with E-state index in [0.717, 1.165) is 39.0 Å². The molecular weight excluding hydrogens is 443 g/mol. The average molecular weight is 481 g/mol. The van der Waals surface area contributed by atoms with Gasteiger partial charge < -0.3 is 10.1 Å². The molecule has 2 heterocycles. The van der Waals surface area contributed by atoms with E-state index in [-0.39, 0.29) is 30.8 Å². The van der Waals surface area contributed by atoms with Gasteiger partial charge >= 0.3 is 12.1 Å². The van der Waals surface area contributed by atoms with Crippen molar-refractivity contribution in [2.45, 2.75) is 87.5 Å². The van der Waals surface area contributed by atoms with E-state index in [1.807, 2.05) is 0 Å². The van der Waals surface area contributed by atoms with Crippen LogP contribution in [0.4, 0.5) is 13.2 Å². The molecule has 3 atom stereocenters. The van der Waals surface area contributed by atoms with Crippen LogP contribution in [0.25, 0.3) is 0 Å². The molecule has 2 N–H and O–H groups in total. The van der Waals surface area contributed by atoms with Crippen LogP contribution in [0.3, 0.4) is 0 Å². The zero-order valence-electron chi connectivity index (χ0n) is 19.0. The monoisotopic (exact) mass is 480 g/mol. The number of alkyl halides is 4. The van der Waals surface area contributed by atoms with Gasteiger partial charge in [-0.1, -0.05) is 0 Å². The van der Waals surface area contributed by atoms with Crippen molar-refractivity contribution < 1.29 is 28.0 Å². The molecule has 4 aliphatic rings. The first-order valence-corrected chi connectivity index (χ1v) is 12.8. The molecule has 0 bridgehead atoms. The quantitative estimate of drug-likeness (QED) is 0.485. The van der Waals surface area contributed by atoms with Gasteiger partial charge in [0.25, 0.3) is 0 Å². The summed E-state index contributed by atoms with van der Waals surface area (Å²) in [6, 6.07) is 0.473. The first-order chi connectivity index (χ1) is 15.2. The number of esters is 1. The van der Waals surface area contributed by atoms with E-state index in [4.69, 9.17) is 16.3 Å². The Balaban J connectivity index is 1.37. The number of carbonyl (C=O) groups excluding carboxylic acids is 1. The maximum absolute atomic E-state index is 13.1. The van der Waals surface area contributed by atoms with Gasteiger partial charge in [-0.3, -0.25) is 9.69 Å². The van der Waals surface area contributed by atoms with E-state index in [2.05, 4.69) is 15.1 Å². The van der Waals surface area contributed by atoms with E-state index in [1.54, 1.807) is 0 Å². The van der Waals surface area contributed by atoms with Crippen molar-refractivity contribution in [1.29, 1.82) is 0 Å². The number of methoxy groups -OCH3 is 1. The average Bonchev–Trinajstić information content (AvgIpc) is 3.15. The van der Waals surface area contributed by atoms with Gasteiger partial charge in [0.1, 0.15) is 18.8 Å². The largest absolute Gasteiger partial charge is 0.468 e. The van der Waals surface area contributed by atoms with E-state index >= 15 is 0 Å². The molecule has 5 nitrogen and oxygen atoms in total. The van der Waals surface area contributed by atoms with Crippen LogP contribution in [0.1, 0.15) is 57.8 Å². The Morgan fingerprint density at radius 3 is 2.19 bits per heavy atom. The van der Waals surface area contributed by atoms with Gasteiger partial charge in [0.15, 0.2) is 0 Å². The van der Waals surface area contributed by atoms with Crippen molar-refractivity contribution in [2.75, 3.05) is 33.4 Å². The normalized spacial score (nSPS) is 39.6. The predicted octanol–water partition coefficient (Wildman–Crippen LogP) is 2.97. The second kappa shape index (κ2) is 10.4. The van der Waals surface area contributed by atoms with E-state index in [9.17, 15) is 18.0 Å². The maximum Gasteiger partial charge on any atom is 0.391 e. The molecule has 0 radical (unpaired) electrons. The number of carbonyl (C=O) groups is 1. The summed E-state index contributed by atoms with van der Waals surface area (Å²) in [5, 5.41) is 2.68. The van der Waals surface area contributed by atoms with Crippen LogP contribution < -0.4 is 5.32 Å². The van der Waals surface area contributed by atoms with Crippen molar-refractivity contribution >= 4 is 17.6 Å². The highest BCUT2D eigenvalue weighted by atomic mass is 35.5. The lowest BCUT2D eigenvalue weighted by atomic mass is 9.80. The van der Waals surface area contributed by atoms with Gasteiger partial charge in [0, 0.05) is 31.4 Å². The Morgan fingerprint density at radius 1 is 1.00 bits per heavy atom. The molecular formula is C23H38ClF3N3O2+. The van der Waals surface area contributed by atoms with Crippen LogP contribution in [-0.4, -0.2) is 78.9 Å². The van der Waals surface area contributed by atoms with Crippen molar-refractivity contribution in [3.8, 4) is 0 Å². The molecule has 4 fully saturated rings. The van der Waals surface area contributed by atoms with Gasteiger partial charge in [0.2, 0.25) is 0 Å². The van der Waals surface area contributed by atoms with Gasteiger partial charge in [-0.15, -0.1) is 11.6 Å². The van der Waals surface area contributed by atoms with Gasteiger partial charge in [0.05, 0.1) is 19.1 Å². The van der Waals surface area contributed by atoms with Crippen LogP contribution in [0, 0.1) is 17.8 Å². The number of fused-ring (bicyclic) bond motifs is 1. The first-order valence-electron chi connectivity index (χ1n) is 12.3. The van der Waals surface area contributed by atoms with Gasteiger partial charge in [-0.05, 0) is 63.2 Å². The Bertz CT molecular complexity index is 636. The predicted molar refractivity (Wildman–Crippen MR) is 116 cm³/mol. The second-order valence-electron chi connectivity index (χ2n) is 10.5. The van der Waals surface area contributed by atoms with Crippen molar-refractivity contribution in [2.24, 2.45) is 17.8 Å². The summed E-state index contributed by atoms with van der Waals surface area (Å²) in [5.41, 5.74) is 0. The molecule has 0 amide bonds. The minimum atomic E-state index is -4.08. The lowest BCUT2D eigenvalue weighted by Gasteiger charge is -2.43. The molecule has 0 aromatic carbocycles. The molecule has 184 valence electrons. The third-order valence-electron chi connectivity index (χ3n) is 8.51. The number of hydrogen-bond donors (Lipinski definition) is 1. The highest BCUT2D eigenvalue weighted by Gasteiger charge is 2.49. The fourth-order valence-electron chi connectivity index (χ4n) is 6.55. The molecule has 9 heteroatoms. The SMILES string of the molecule is COC(=O)[C@H]1CC2[NH2+]CN(CC3CCC(Cl)CC3)C2CN1CC1CCC(C(F)(F)F)CC1. The number of halogens is 4. The number of nitrogens with zero attached hydrogens (tertiary/aromatic N) is 2. The number of hydrogen-bond acceptors (Lipinski definition) is 4. The van der Waals surface area contributed by atoms with Gasteiger partial charge in [-0.2, -0.15) is 13.2 Å². The number of rotatable bonds is 5. The van der Waals surface area contributed by atoms with Crippen LogP contribution >= 0.6 is 11.6 Å². The van der Waals surface area contributed by atoms with Crippen molar-refractivity contribution in [3.05, 3.63) is 0 Å². The fraction of sp³-hybridized carbons (Fsp3) is 0.957. The lowest BCUT2D eigenvalue weighted by Crippen LogP contribution is -2.89. The minimum absolute atomic E-state index is 0.208. The van der Waals surface area contributed by atoms with E-state index in [0.29, 0.717) is 42.8 Å². The summed E-state index contributed by atoms with van der Waals surface area (Å²) in [7, 11) is 1.43. The zero-order valence-corrected chi connectivity index (χ0v) is 19.8. The number of piperidine rings is 1. The number of quaternary nitrogens is 1. The maximum atomic E-state index is 13.1. The van der Waals surface area contributed by atoms with Gasteiger partial charge in [-0.25, -0.2) is 4.90 Å². The molecule has 2 unspecified atom stereocenters. The number of likely N-dealkylation sites (tertiary alicyclic amines) is 1. The molecule has 2 aliphatic carbocycles. The second-order valence-corrected chi connectivity index (χ2v) is 11.1. The Hall–Kier alpha value is -0.570. The molecule has 0 spiro atoms. The summed E-state index contributed by atoms with van der Waals surface area (Å²) in [5.74, 6) is -0.472.